The van der Waals surface area contributed by atoms with Gasteiger partial charge in [0.05, 0.1) is 5.56 Å². The summed E-state index contributed by atoms with van der Waals surface area (Å²) in [5.41, 5.74) is 1.05. The third kappa shape index (κ3) is 1.99. The molecule has 1 aromatic rings. The van der Waals surface area contributed by atoms with Gasteiger partial charge in [-0.25, -0.2) is 4.79 Å². The van der Waals surface area contributed by atoms with Crippen LogP contribution in [0.5, 0.6) is 0 Å². The number of hydrogen-bond donors (Lipinski definition) is 1. The summed E-state index contributed by atoms with van der Waals surface area (Å²) in [6, 6.07) is 5.02. The van der Waals surface area contributed by atoms with Gasteiger partial charge < -0.3 is 5.11 Å². The molecule has 0 saturated heterocycles. The second-order valence-electron chi connectivity index (χ2n) is 2.25. The van der Waals surface area contributed by atoms with E-state index >= 15 is 0 Å². The maximum absolute atomic E-state index is 10.6. The van der Waals surface area contributed by atoms with Crippen molar-refractivity contribution in [3.8, 4) is 0 Å². The van der Waals surface area contributed by atoms with E-state index in [1.807, 2.05) is 0 Å². The van der Waals surface area contributed by atoms with Gasteiger partial charge in [0, 0.05) is 10.4 Å². The highest BCUT2D eigenvalue weighted by Gasteiger charge is 2.07. The summed E-state index contributed by atoms with van der Waals surface area (Å²) in [6.45, 7) is 0. The van der Waals surface area contributed by atoms with E-state index < -0.39 is 5.97 Å². The van der Waals surface area contributed by atoms with Gasteiger partial charge in [0.15, 0.2) is 0 Å². The van der Waals surface area contributed by atoms with Crippen molar-refractivity contribution in [2.45, 2.75) is 5.88 Å². The number of carboxylic acid groups (broad SMARTS) is 1. The summed E-state index contributed by atoms with van der Waals surface area (Å²) in [4.78, 5) is 10.6. The molecule has 0 atom stereocenters. The average Bonchev–Trinajstić information content (AvgIpc) is 2.05. The summed E-state index contributed by atoms with van der Waals surface area (Å²) in [5.74, 6) is -0.623. The van der Waals surface area contributed by atoms with Gasteiger partial charge >= 0.3 is 5.97 Å². The van der Waals surface area contributed by atoms with Gasteiger partial charge in [-0.3, -0.25) is 0 Å². The van der Waals surface area contributed by atoms with Gasteiger partial charge in [0.2, 0.25) is 0 Å². The van der Waals surface area contributed by atoms with Crippen LogP contribution in [0, 0.1) is 0 Å². The molecular formula is C8H6BrClO2. The number of hydrogen-bond acceptors (Lipinski definition) is 1. The number of alkyl halides is 1. The molecule has 0 aliphatic carbocycles. The van der Waals surface area contributed by atoms with E-state index in [2.05, 4.69) is 15.9 Å². The van der Waals surface area contributed by atoms with Crippen LogP contribution in [-0.2, 0) is 5.88 Å². The molecule has 12 heavy (non-hydrogen) atoms. The van der Waals surface area contributed by atoms with Crippen LogP contribution in [0.4, 0.5) is 0 Å². The van der Waals surface area contributed by atoms with E-state index in [1.165, 1.54) is 0 Å². The third-order valence-electron chi connectivity index (χ3n) is 1.42. The fourth-order valence-corrected chi connectivity index (χ4v) is 1.40. The number of halogens is 2. The lowest BCUT2D eigenvalue weighted by Gasteiger charge is -2.00. The quantitative estimate of drug-likeness (QED) is 0.818. The van der Waals surface area contributed by atoms with E-state index in [1.54, 1.807) is 18.2 Å². The molecule has 0 aliphatic heterocycles. The molecule has 0 aliphatic rings. The van der Waals surface area contributed by atoms with Crippen LogP contribution < -0.4 is 0 Å². The molecular weight excluding hydrogens is 243 g/mol. The fourth-order valence-electron chi connectivity index (χ4n) is 0.819. The van der Waals surface area contributed by atoms with Crippen molar-refractivity contribution in [2.75, 3.05) is 0 Å². The standard InChI is InChI=1S/C8H6BrClO2/c9-7-2-1-5(4-10)3-6(7)8(11)12/h1-3H,4H2,(H,11,12). The van der Waals surface area contributed by atoms with Crippen LogP contribution in [0.3, 0.4) is 0 Å². The van der Waals surface area contributed by atoms with Gasteiger partial charge in [0.1, 0.15) is 0 Å². The van der Waals surface area contributed by atoms with Crippen LogP contribution in [0.2, 0.25) is 0 Å². The number of rotatable bonds is 2. The van der Waals surface area contributed by atoms with E-state index in [4.69, 9.17) is 16.7 Å². The molecule has 0 bridgehead atoms. The Bertz CT molecular complexity index is 312. The van der Waals surface area contributed by atoms with E-state index in [9.17, 15) is 4.79 Å². The first kappa shape index (κ1) is 9.55. The van der Waals surface area contributed by atoms with Crippen molar-refractivity contribution in [3.05, 3.63) is 33.8 Å². The largest absolute Gasteiger partial charge is 0.478 e. The smallest absolute Gasteiger partial charge is 0.336 e. The molecule has 0 aromatic heterocycles. The van der Waals surface area contributed by atoms with Crippen molar-refractivity contribution >= 4 is 33.5 Å². The summed E-state index contributed by atoms with van der Waals surface area (Å²) in [7, 11) is 0. The Morgan fingerprint density at radius 1 is 1.58 bits per heavy atom. The van der Waals surface area contributed by atoms with Crippen LogP contribution in [-0.4, -0.2) is 11.1 Å². The van der Waals surface area contributed by atoms with Crippen LogP contribution in [0.25, 0.3) is 0 Å². The molecule has 64 valence electrons. The molecule has 4 heteroatoms. The minimum absolute atomic E-state index is 0.244. The predicted octanol–water partition coefficient (Wildman–Crippen LogP) is 2.89. The Balaban J connectivity index is 3.17. The summed E-state index contributed by atoms with van der Waals surface area (Å²) in [5, 5.41) is 8.71. The van der Waals surface area contributed by atoms with Crippen LogP contribution in [0.15, 0.2) is 22.7 Å². The topological polar surface area (TPSA) is 37.3 Å². The highest BCUT2D eigenvalue weighted by molar-refractivity contribution is 9.10. The summed E-state index contributed by atoms with van der Waals surface area (Å²) in [6.07, 6.45) is 0. The molecule has 1 aromatic carbocycles. The zero-order valence-corrected chi connectivity index (χ0v) is 8.39. The maximum atomic E-state index is 10.6. The second kappa shape index (κ2) is 3.92. The molecule has 1 rings (SSSR count). The van der Waals surface area contributed by atoms with Crippen LogP contribution >= 0.6 is 27.5 Å². The molecule has 0 heterocycles. The summed E-state index contributed by atoms with van der Waals surface area (Å²) < 4.78 is 0.573. The SMILES string of the molecule is O=C(O)c1cc(CCl)ccc1Br. The van der Waals surface area contributed by atoms with E-state index in [0.29, 0.717) is 10.4 Å². The first-order valence-corrected chi connectivity index (χ1v) is 4.55. The zero-order valence-electron chi connectivity index (χ0n) is 6.05. The first-order chi connectivity index (χ1) is 5.65. The van der Waals surface area contributed by atoms with E-state index in [0.717, 1.165) is 5.56 Å². The van der Waals surface area contributed by atoms with Gasteiger partial charge in [-0.1, -0.05) is 6.07 Å². The Kier molecular flexibility index (Phi) is 3.12. The molecule has 0 fully saturated rings. The van der Waals surface area contributed by atoms with Crippen molar-refractivity contribution < 1.29 is 9.90 Å². The molecule has 0 unspecified atom stereocenters. The third-order valence-corrected chi connectivity index (χ3v) is 2.42. The lowest BCUT2D eigenvalue weighted by Crippen LogP contribution is -1.98. The maximum Gasteiger partial charge on any atom is 0.336 e. The Hall–Kier alpha value is -0.540. The fraction of sp³-hybridized carbons (Fsp3) is 0.125. The zero-order chi connectivity index (χ0) is 9.14. The lowest BCUT2D eigenvalue weighted by atomic mass is 10.1. The Morgan fingerprint density at radius 3 is 2.75 bits per heavy atom. The predicted molar refractivity (Wildman–Crippen MR) is 50.7 cm³/mol. The van der Waals surface area contributed by atoms with Gasteiger partial charge in [-0.2, -0.15) is 0 Å². The normalized spacial score (nSPS) is 9.83. The Morgan fingerprint density at radius 2 is 2.25 bits per heavy atom. The van der Waals surface area contributed by atoms with Crippen molar-refractivity contribution in [1.29, 1.82) is 0 Å². The number of carbonyl (C=O) groups is 1. The van der Waals surface area contributed by atoms with E-state index in [-0.39, 0.29) is 5.56 Å². The molecule has 0 radical (unpaired) electrons. The number of aromatic carboxylic acids is 1. The minimum Gasteiger partial charge on any atom is -0.478 e. The number of carboxylic acids is 1. The van der Waals surface area contributed by atoms with Crippen molar-refractivity contribution in [3.63, 3.8) is 0 Å². The number of benzene rings is 1. The van der Waals surface area contributed by atoms with Crippen molar-refractivity contribution in [2.24, 2.45) is 0 Å². The first-order valence-electron chi connectivity index (χ1n) is 3.23. The van der Waals surface area contributed by atoms with Gasteiger partial charge in [-0.15, -0.1) is 11.6 Å². The van der Waals surface area contributed by atoms with Gasteiger partial charge in [0.25, 0.3) is 0 Å². The van der Waals surface area contributed by atoms with Crippen molar-refractivity contribution in [1.82, 2.24) is 0 Å². The molecule has 1 N–H and O–H groups in total. The Labute approximate surface area is 83.3 Å². The molecule has 0 spiro atoms. The molecule has 0 saturated carbocycles. The molecule has 2 nitrogen and oxygen atoms in total. The second-order valence-corrected chi connectivity index (χ2v) is 3.37. The lowest BCUT2D eigenvalue weighted by molar-refractivity contribution is 0.0696. The average molecular weight is 249 g/mol. The van der Waals surface area contributed by atoms with Crippen LogP contribution in [0.1, 0.15) is 15.9 Å². The highest BCUT2D eigenvalue weighted by atomic mass is 79.9. The summed E-state index contributed by atoms with van der Waals surface area (Å²) >= 11 is 8.68. The minimum atomic E-state index is -0.950. The molecule has 0 amide bonds. The highest BCUT2D eigenvalue weighted by Crippen LogP contribution is 2.19. The monoisotopic (exact) mass is 248 g/mol. The van der Waals surface area contributed by atoms with Gasteiger partial charge in [-0.05, 0) is 33.6 Å².